The van der Waals surface area contributed by atoms with Gasteiger partial charge in [0.1, 0.15) is 11.9 Å². The van der Waals surface area contributed by atoms with E-state index in [0.717, 1.165) is 0 Å². The normalized spacial score (nSPS) is 15.4. The molecule has 2 aromatic rings. The lowest BCUT2D eigenvalue weighted by molar-refractivity contribution is -0.154. The first-order valence-corrected chi connectivity index (χ1v) is 12.2. The Balaban J connectivity index is 1.53. The molecule has 1 heterocycles. The molecule has 1 atom stereocenters. The lowest BCUT2D eigenvalue weighted by Gasteiger charge is -2.36. The quantitative estimate of drug-likeness (QED) is 0.585. The van der Waals surface area contributed by atoms with Gasteiger partial charge in [0.05, 0.1) is 10.6 Å². The van der Waals surface area contributed by atoms with Crippen LogP contribution >= 0.6 is 0 Å². The van der Waals surface area contributed by atoms with Crippen molar-refractivity contribution < 1.29 is 27.1 Å². The summed E-state index contributed by atoms with van der Waals surface area (Å²) >= 11 is 0. The number of ether oxygens (including phenoxy) is 1. The first-order chi connectivity index (χ1) is 15.7. The molecule has 0 unspecified atom stereocenters. The zero-order valence-electron chi connectivity index (χ0n) is 18.6. The molecule has 1 aliphatic heterocycles. The average Bonchev–Trinajstić information content (AvgIpc) is 2.81. The number of nitrogens with zero attached hydrogens (tertiary/aromatic N) is 2. The number of carbonyl (C=O) groups excluding carboxylic acids is 2. The zero-order valence-corrected chi connectivity index (χ0v) is 19.4. The van der Waals surface area contributed by atoms with Gasteiger partial charge in [-0.2, -0.15) is 4.72 Å². The molecule has 0 spiro atoms. The van der Waals surface area contributed by atoms with Gasteiger partial charge in [-0.15, -0.1) is 0 Å². The third-order valence-corrected chi connectivity index (χ3v) is 6.88. The molecule has 1 fully saturated rings. The Morgan fingerprint density at radius 2 is 1.61 bits per heavy atom. The van der Waals surface area contributed by atoms with E-state index in [9.17, 15) is 22.4 Å². The molecule has 33 heavy (non-hydrogen) atoms. The molecular weight excluding hydrogens is 449 g/mol. The van der Waals surface area contributed by atoms with Gasteiger partial charge in [-0.3, -0.25) is 9.59 Å². The van der Waals surface area contributed by atoms with E-state index in [1.54, 1.807) is 55.1 Å². The van der Waals surface area contributed by atoms with Crippen molar-refractivity contribution in [3.05, 3.63) is 60.4 Å². The molecule has 0 aromatic heterocycles. The summed E-state index contributed by atoms with van der Waals surface area (Å²) in [6.07, 6.45) is 0. The fraction of sp³-hybridized carbons (Fsp3) is 0.391. The second-order valence-corrected chi connectivity index (χ2v) is 9.80. The van der Waals surface area contributed by atoms with E-state index in [1.807, 2.05) is 4.90 Å². The highest BCUT2D eigenvalue weighted by Crippen LogP contribution is 2.20. The molecule has 1 N–H and O–H groups in total. The number of piperazine rings is 1. The van der Waals surface area contributed by atoms with Crippen molar-refractivity contribution in [2.75, 3.05) is 37.7 Å². The van der Waals surface area contributed by atoms with Gasteiger partial charge in [-0.05, 0) is 30.2 Å². The summed E-state index contributed by atoms with van der Waals surface area (Å²) in [5.74, 6) is -1.91. The molecule has 0 bridgehead atoms. The largest absolute Gasteiger partial charge is 0.454 e. The molecule has 1 saturated heterocycles. The fourth-order valence-electron chi connectivity index (χ4n) is 3.51. The molecule has 0 aliphatic carbocycles. The maximum absolute atomic E-state index is 14.0. The summed E-state index contributed by atoms with van der Waals surface area (Å²) in [5.41, 5.74) is 0.488. The Hall–Kier alpha value is -2.98. The predicted octanol–water partition coefficient (Wildman–Crippen LogP) is 2.02. The number of anilines is 1. The Morgan fingerprint density at radius 3 is 2.21 bits per heavy atom. The zero-order chi connectivity index (χ0) is 24.0. The number of hydrogen-bond donors (Lipinski definition) is 1. The number of halogens is 1. The van der Waals surface area contributed by atoms with E-state index in [0.29, 0.717) is 31.9 Å². The second-order valence-electron chi connectivity index (χ2n) is 8.08. The van der Waals surface area contributed by atoms with Gasteiger partial charge in [0.2, 0.25) is 10.0 Å². The van der Waals surface area contributed by atoms with Gasteiger partial charge >= 0.3 is 5.97 Å². The fourth-order valence-corrected chi connectivity index (χ4v) is 4.86. The third-order valence-electron chi connectivity index (χ3n) is 5.42. The Labute approximate surface area is 193 Å². The summed E-state index contributed by atoms with van der Waals surface area (Å²) < 4.78 is 46.7. The van der Waals surface area contributed by atoms with Crippen LogP contribution in [0.5, 0.6) is 0 Å². The number of hydrogen-bond acceptors (Lipinski definition) is 6. The summed E-state index contributed by atoms with van der Waals surface area (Å²) in [5, 5.41) is 0. The number of sulfonamides is 1. The van der Waals surface area contributed by atoms with Gasteiger partial charge in [0.15, 0.2) is 6.61 Å². The van der Waals surface area contributed by atoms with E-state index in [-0.39, 0.29) is 16.6 Å². The first kappa shape index (κ1) is 24.7. The number of amides is 1. The molecule has 2 aromatic carbocycles. The molecule has 178 valence electrons. The molecule has 3 rings (SSSR count). The van der Waals surface area contributed by atoms with Crippen LogP contribution in [0.15, 0.2) is 59.5 Å². The van der Waals surface area contributed by atoms with Crippen molar-refractivity contribution in [1.82, 2.24) is 9.62 Å². The molecule has 1 amide bonds. The van der Waals surface area contributed by atoms with Crippen LogP contribution in [-0.2, 0) is 24.3 Å². The number of nitrogens with one attached hydrogen (secondary N) is 1. The van der Waals surface area contributed by atoms with Crippen molar-refractivity contribution in [2.24, 2.45) is 5.92 Å². The van der Waals surface area contributed by atoms with Gasteiger partial charge in [-0.1, -0.05) is 44.2 Å². The Kier molecular flexibility index (Phi) is 8.04. The van der Waals surface area contributed by atoms with E-state index in [1.165, 1.54) is 18.2 Å². The summed E-state index contributed by atoms with van der Waals surface area (Å²) in [6, 6.07) is 13.0. The highest BCUT2D eigenvalue weighted by molar-refractivity contribution is 7.89. The smallest absolute Gasteiger partial charge is 0.324 e. The van der Waals surface area contributed by atoms with Gasteiger partial charge in [0, 0.05) is 26.2 Å². The molecule has 1 aliphatic rings. The van der Waals surface area contributed by atoms with E-state index < -0.39 is 34.6 Å². The Bertz CT molecular complexity index is 1070. The molecule has 0 radical (unpaired) electrons. The Morgan fingerprint density at radius 1 is 1.00 bits per heavy atom. The van der Waals surface area contributed by atoms with Crippen LogP contribution < -0.4 is 9.62 Å². The van der Waals surface area contributed by atoms with Gasteiger partial charge in [0.25, 0.3) is 5.91 Å². The van der Waals surface area contributed by atoms with Crippen LogP contribution in [0.2, 0.25) is 0 Å². The maximum atomic E-state index is 14.0. The number of para-hydroxylation sites is 1. The minimum absolute atomic E-state index is 0.0345. The van der Waals surface area contributed by atoms with Crippen LogP contribution in [0.3, 0.4) is 0 Å². The van der Waals surface area contributed by atoms with Gasteiger partial charge in [-0.25, -0.2) is 12.8 Å². The SMILES string of the molecule is CC(C)[C@H](NS(=O)(=O)c1ccccc1)C(=O)OCC(=O)N1CCN(c2ccccc2F)CC1. The van der Waals surface area contributed by atoms with Crippen LogP contribution in [0.25, 0.3) is 0 Å². The predicted molar refractivity (Wildman–Crippen MR) is 122 cm³/mol. The van der Waals surface area contributed by atoms with E-state index in [4.69, 9.17) is 4.74 Å². The highest BCUT2D eigenvalue weighted by atomic mass is 32.2. The molecule has 0 saturated carbocycles. The summed E-state index contributed by atoms with van der Waals surface area (Å²) in [6.45, 7) is 4.50. The average molecular weight is 478 g/mol. The van der Waals surface area contributed by atoms with Crippen LogP contribution in [0, 0.1) is 11.7 Å². The lowest BCUT2D eigenvalue weighted by atomic mass is 10.1. The molecule has 10 heteroatoms. The van der Waals surface area contributed by atoms with E-state index in [2.05, 4.69) is 4.72 Å². The minimum atomic E-state index is -3.93. The van der Waals surface area contributed by atoms with Crippen molar-refractivity contribution in [2.45, 2.75) is 24.8 Å². The number of benzene rings is 2. The van der Waals surface area contributed by atoms with Crippen molar-refractivity contribution in [3.63, 3.8) is 0 Å². The minimum Gasteiger partial charge on any atom is -0.454 e. The van der Waals surface area contributed by atoms with Crippen molar-refractivity contribution >= 4 is 27.6 Å². The van der Waals surface area contributed by atoms with Crippen LogP contribution in [-0.4, -0.2) is 64.0 Å². The van der Waals surface area contributed by atoms with Crippen LogP contribution in [0.1, 0.15) is 13.8 Å². The summed E-state index contributed by atoms with van der Waals surface area (Å²) in [7, 11) is -3.93. The maximum Gasteiger partial charge on any atom is 0.324 e. The van der Waals surface area contributed by atoms with Crippen molar-refractivity contribution in [3.8, 4) is 0 Å². The molecular formula is C23H28FN3O5S. The first-order valence-electron chi connectivity index (χ1n) is 10.7. The van der Waals surface area contributed by atoms with Crippen LogP contribution in [0.4, 0.5) is 10.1 Å². The van der Waals surface area contributed by atoms with Gasteiger partial charge < -0.3 is 14.5 Å². The number of carbonyl (C=O) groups is 2. The second kappa shape index (κ2) is 10.8. The highest BCUT2D eigenvalue weighted by Gasteiger charge is 2.31. The summed E-state index contributed by atoms with van der Waals surface area (Å²) in [4.78, 5) is 28.6. The number of rotatable bonds is 8. The van der Waals surface area contributed by atoms with E-state index >= 15 is 0 Å². The lowest BCUT2D eigenvalue weighted by Crippen LogP contribution is -2.51. The van der Waals surface area contributed by atoms with Crippen molar-refractivity contribution in [1.29, 1.82) is 0 Å². The third kappa shape index (κ3) is 6.29. The number of esters is 1. The standard InChI is InChI=1S/C23H28FN3O5S/c1-17(2)22(25-33(30,31)18-8-4-3-5-9-18)23(29)32-16-21(28)27-14-12-26(13-15-27)20-11-7-6-10-19(20)24/h3-11,17,22,25H,12-16H2,1-2H3/t22-/m0/s1. The monoisotopic (exact) mass is 477 g/mol. The topological polar surface area (TPSA) is 96.0 Å². The molecule has 8 nitrogen and oxygen atoms in total.